The fourth-order valence-corrected chi connectivity index (χ4v) is 0.850. The molecule has 2 amide bonds. The lowest BCUT2D eigenvalue weighted by Crippen LogP contribution is -2.37. The van der Waals surface area contributed by atoms with Crippen molar-refractivity contribution in [1.29, 1.82) is 0 Å². The average molecular weight is 192 g/mol. The molecule has 14 heavy (non-hydrogen) atoms. The molecule has 0 fully saturated rings. The zero-order chi connectivity index (χ0) is 10.4. The molecule has 1 aromatic carbocycles. The molecule has 74 valence electrons. The SMILES string of the molecule is Cc1ccc(/C=N/NC(=O)NN)cc1. The first-order valence-corrected chi connectivity index (χ1v) is 4.08. The van der Waals surface area contributed by atoms with E-state index in [1.54, 1.807) is 0 Å². The zero-order valence-electron chi connectivity index (χ0n) is 7.82. The summed E-state index contributed by atoms with van der Waals surface area (Å²) in [5, 5.41) is 3.67. The van der Waals surface area contributed by atoms with Gasteiger partial charge in [-0.3, -0.25) is 5.43 Å². The minimum atomic E-state index is -0.548. The Morgan fingerprint density at radius 3 is 2.64 bits per heavy atom. The molecule has 0 aliphatic carbocycles. The van der Waals surface area contributed by atoms with Gasteiger partial charge in [0, 0.05) is 0 Å². The normalized spacial score (nSPS) is 10.1. The van der Waals surface area contributed by atoms with Crippen molar-refractivity contribution in [2.75, 3.05) is 0 Å². The average Bonchev–Trinajstić information content (AvgIpc) is 2.21. The summed E-state index contributed by atoms with van der Waals surface area (Å²) >= 11 is 0. The highest BCUT2D eigenvalue weighted by molar-refractivity contribution is 5.81. The number of hydrogen-bond acceptors (Lipinski definition) is 3. The first kappa shape index (κ1) is 10.2. The van der Waals surface area contributed by atoms with Crippen LogP contribution in [0.3, 0.4) is 0 Å². The highest BCUT2D eigenvalue weighted by Gasteiger charge is 1.90. The van der Waals surface area contributed by atoms with E-state index < -0.39 is 6.03 Å². The lowest BCUT2D eigenvalue weighted by atomic mass is 10.2. The third kappa shape index (κ3) is 3.24. The molecule has 5 heteroatoms. The smallest absolute Gasteiger partial charge is 0.274 e. The van der Waals surface area contributed by atoms with Gasteiger partial charge >= 0.3 is 6.03 Å². The molecular weight excluding hydrogens is 180 g/mol. The predicted molar refractivity (Wildman–Crippen MR) is 54.6 cm³/mol. The Bertz CT molecular complexity index is 331. The Kier molecular flexibility index (Phi) is 3.63. The number of nitrogens with one attached hydrogen (secondary N) is 2. The summed E-state index contributed by atoms with van der Waals surface area (Å²) in [6.45, 7) is 2.00. The van der Waals surface area contributed by atoms with E-state index >= 15 is 0 Å². The Morgan fingerprint density at radius 1 is 1.43 bits per heavy atom. The Labute approximate surface area is 82.0 Å². The van der Waals surface area contributed by atoms with E-state index in [0.717, 1.165) is 5.56 Å². The second-order valence-corrected chi connectivity index (χ2v) is 2.75. The second-order valence-electron chi connectivity index (χ2n) is 2.75. The molecule has 0 aromatic heterocycles. The third-order valence-electron chi connectivity index (χ3n) is 1.59. The number of nitrogens with zero attached hydrogens (tertiary/aromatic N) is 1. The van der Waals surface area contributed by atoms with Crippen molar-refractivity contribution in [2.24, 2.45) is 10.9 Å². The molecule has 0 bridgehead atoms. The highest BCUT2D eigenvalue weighted by atomic mass is 16.2. The quantitative estimate of drug-likeness (QED) is 0.276. The summed E-state index contributed by atoms with van der Waals surface area (Å²) in [7, 11) is 0. The molecule has 0 saturated heterocycles. The van der Waals surface area contributed by atoms with E-state index in [1.807, 2.05) is 36.6 Å². The number of carbonyl (C=O) groups is 1. The van der Waals surface area contributed by atoms with Gasteiger partial charge in [0.25, 0.3) is 0 Å². The standard InChI is InChI=1S/C9H12N4O/c1-7-2-4-8(5-3-7)6-11-13-9(14)12-10/h2-6H,10H2,1H3,(H2,12,13,14)/b11-6+. The van der Waals surface area contributed by atoms with Crippen LogP contribution in [0.1, 0.15) is 11.1 Å². The van der Waals surface area contributed by atoms with Crippen molar-refractivity contribution in [2.45, 2.75) is 6.92 Å². The van der Waals surface area contributed by atoms with Gasteiger partial charge in [-0.1, -0.05) is 29.8 Å². The van der Waals surface area contributed by atoms with Crippen molar-refractivity contribution >= 4 is 12.2 Å². The molecule has 0 aliphatic rings. The molecule has 1 rings (SSSR count). The molecule has 0 aliphatic heterocycles. The molecule has 0 atom stereocenters. The van der Waals surface area contributed by atoms with E-state index in [2.05, 4.69) is 10.5 Å². The van der Waals surface area contributed by atoms with Crippen LogP contribution in [-0.2, 0) is 0 Å². The van der Waals surface area contributed by atoms with Crippen molar-refractivity contribution in [1.82, 2.24) is 10.9 Å². The first-order chi connectivity index (χ1) is 6.72. The fraction of sp³-hybridized carbons (Fsp3) is 0.111. The van der Waals surface area contributed by atoms with Gasteiger partial charge in [-0.2, -0.15) is 5.10 Å². The monoisotopic (exact) mass is 192 g/mol. The number of nitrogens with two attached hydrogens (primary N) is 1. The van der Waals surface area contributed by atoms with Crippen molar-refractivity contribution in [3.05, 3.63) is 35.4 Å². The van der Waals surface area contributed by atoms with Crippen molar-refractivity contribution < 1.29 is 4.79 Å². The van der Waals surface area contributed by atoms with E-state index in [1.165, 1.54) is 11.8 Å². The predicted octanol–water partition coefficient (Wildman–Crippen LogP) is 0.502. The zero-order valence-corrected chi connectivity index (χ0v) is 7.82. The Morgan fingerprint density at radius 2 is 2.07 bits per heavy atom. The van der Waals surface area contributed by atoms with Gasteiger partial charge in [0.2, 0.25) is 0 Å². The van der Waals surface area contributed by atoms with E-state index in [-0.39, 0.29) is 0 Å². The second kappa shape index (κ2) is 4.98. The van der Waals surface area contributed by atoms with Gasteiger partial charge in [-0.05, 0) is 12.5 Å². The highest BCUT2D eigenvalue weighted by Crippen LogP contribution is 1.99. The number of urea groups is 1. The molecular formula is C9H12N4O. The van der Waals surface area contributed by atoms with Gasteiger partial charge in [0.15, 0.2) is 0 Å². The number of amides is 2. The minimum Gasteiger partial charge on any atom is -0.274 e. The van der Waals surface area contributed by atoms with Gasteiger partial charge in [0.1, 0.15) is 0 Å². The summed E-state index contributed by atoms with van der Waals surface area (Å²) in [5.41, 5.74) is 6.17. The number of hydrogen-bond donors (Lipinski definition) is 3. The van der Waals surface area contributed by atoms with Gasteiger partial charge in [-0.15, -0.1) is 0 Å². The Balaban J connectivity index is 2.52. The maximum atomic E-state index is 10.6. The number of benzene rings is 1. The maximum absolute atomic E-state index is 10.6. The summed E-state index contributed by atoms with van der Waals surface area (Å²) in [6.07, 6.45) is 1.54. The largest absolute Gasteiger partial charge is 0.349 e. The maximum Gasteiger partial charge on any atom is 0.349 e. The summed E-state index contributed by atoms with van der Waals surface area (Å²) < 4.78 is 0. The minimum absolute atomic E-state index is 0.548. The topological polar surface area (TPSA) is 79.5 Å². The molecule has 1 aromatic rings. The molecule has 0 saturated carbocycles. The summed E-state index contributed by atoms with van der Waals surface area (Å²) in [6, 6.07) is 7.18. The van der Waals surface area contributed by atoms with E-state index in [4.69, 9.17) is 5.84 Å². The Hall–Kier alpha value is -1.88. The number of hydrazone groups is 1. The first-order valence-electron chi connectivity index (χ1n) is 4.08. The number of rotatable bonds is 2. The molecule has 0 spiro atoms. The number of carbonyl (C=O) groups excluding carboxylic acids is 1. The van der Waals surface area contributed by atoms with Crippen molar-refractivity contribution in [3.8, 4) is 0 Å². The molecule has 0 radical (unpaired) electrons. The van der Waals surface area contributed by atoms with Crippen LogP contribution in [0.25, 0.3) is 0 Å². The number of aryl methyl sites for hydroxylation is 1. The van der Waals surface area contributed by atoms with Crippen LogP contribution < -0.4 is 16.7 Å². The molecule has 0 heterocycles. The van der Waals surface area contributed by atoms with Gasteiger partial charge < -0.3 is 0 Å². The lowest BCUT2D eigenvalue weighted by Gasteiger charge is -1.96. The molecule has 0 unspecified atom stereocenters. The van der Waals surface area contributed by atoms with Crippen LogP contribution in [-0.4, -0.2) is 12.2 Å². The van der Waals surface area contributed by atoms with Crippen LogP contribution in [0.2, 0.25) is 0 Å². The lowest BCUT2D eigenvalue weighted by molar-refractivity contribution is 0.241. The fourth-order valence-electron chi connectivity index (χ4n) is 0.850. The van der Waals surface area contributed by atoms with Crippen LogP contribution in [0, 0.1) is 6.92 Å². The van der Waals surface area contributed by atoms with Crippen LogP contribution in [0.4, 0.5) is 4.79 Å². The summed E-state index contributed by atoms with van der Waals surface area (Å²) in [5.74, 6) is 4.84. The summed E-state index contributed by atoms with van der Waals surface area (Å²) in [4.78, 5) is 10.6. The van der Waals surface area contributed by atoms with Crippen LogP contribution in [0.15, 0.2) is 29.4 Å². The molecule has 4 N–H and O–H groups in total. The molecule has 5 nitrogen and oxygen atoms in total. The van der Waals surface area contributed by atoms with Crippen molar-refractivity contribution in [3.63, 3.8) is 0 Å². The van der Waals surface area contributed by atoms with Gasteiger partial charge in [0.05, 0.1) is 6.21 Å². The van der Waals surface area contributed by atoms with E-state index in [9.17, 15) is 4.79 Å². The van der Waals surface area contributed by atoms with Crippen LogP contribution in [0.5, 0.6) is 0 Å². The third-order valence-corrected chi connectivity index (χ3v) is 1.59. The van der Waals surface area contributed by atoms with Gasteiger partial charge in [-0.25, -0.2) is 16.1 Å². The van der Waals surface area contributed by atoms with E-state index in [0.29, 0.717) is 0 Å². The van der Waals surface area contributed by atoms with Crippen LogP contribution >= 0.6 is 0 Å². The number of hydrazine groups is 1.